The lowest BCUT2D eigenvalue weighted by Crippen LogP contribution is -1.86. The molecule has 0 fully saturated rings. The van der Waals surface area contributed by atoms with Crippen molar-refractivity contribution in [2.75, 3.05) is 7.11 Å². The van der Waals surface area contributed by atoms with Crippen LogP contribution in [0, 0.1) is 0 Å². The summed E-state index contributed by atoms with van der Waals surface area (Å²) in [5.41, 5.74) is 1.66. The first-order valence-electron chi connectivity index (χ1n) is 7.04. The van der Waals surface area contributed by atoms with Crippen LogP contribution in [0.25, 0.3) is 22.4 Å². The van der Waals surface area contributed by atoms with E-state index in [1.54, 1.807) is 24.4 Å². The van der Waals surface area contributed by atoms with Crippen LogP contribution in [0.5, 0.6) is 11.5 Å². The second kappa shape index (κ2) is 7.11. The molecule has 24 heavy (non-hydrogen) atoms. The first-order chi connectivity index (χ1) is 11.6. The second-order valence-electron chi connectivity index (χ2n) is 4.94. The summed E-state index contributed by atoms with van der Waals surface area (Å²) in [4.78, 5) is 4.21. The van der Waals surface area contributed by atoms with Gasteiger partial charge in [-0.3, -0.25) is 0 Å². The number of oxazole rings is 1. The number of methoxy groups -OCH3 is 1. The van der Waals surface area contributed by atoms with Crippen molar-refractivity contribution in [3.05, 3.63) is 64.6 Å². The highest BCUT2D eigenvalue weighted by atomic mass is 79.9. The van der Waals surface area contributed by atoms with Crippen LogP contribution in [0.1, 0.15) is 11.5 Å². The fourth-order valence-electron chi connectivity index (χ4n) is 2.16. The fourth-order valence-corrected chi connectivity index (χ4v) is 2.83. The maximum absolute atomic E-state index is 9.85. The number of aromatic nitrogens is 1. The summed E-state index contributed by atoms with van der Waals surface area (Å²) in [7, 11) is 1.48. The van der Waals surface area contributed by atoms with E-state index in [2.05, 4.69) is 20.9 Å². The molecule has 0 spiro atoms. The van der Waals surface area contributed by atoms with Gasteiger partial charge in [0.25, 0.3) is 0 Å². The first-order valence-corrected chi connectivity index (χ1v) is 8.21. The lowest BCUT2D eigenvalue weighted by atomic mass is 10.2. The van der Waals surface area contributed by atoms with Crippen LogP contribution in [0.2, 0.25) is 0 Å². The highest BCUT2D eigenvalue weighted by Gasteiger charge is 2.11. The van der Waals surface area contributed by atoms with Crippen molar-refractivity contribution in [2.45, 2.75) is 0 Å². The Kier molecular flexibility index (Phi) is 4.92. The van der Waals surface area contributed by atoms with E-state index in [1.165, 1.54) is 7.11 Å². The SMILES string of the molecule is COc1cc(C=C(Cl)c2ncc(-c3ccccc3)o2)cc(Br)c1O. The van der Waals surface area contributed by atoms with Gasteiger partial charge in [0.15, 0.2) is 17.3 Å². The zero-order chi connectivity index (χ0) is 17.1. The molecular weight excluding hydrogens is 394 g/mol. The lowest BCUT2D eigenvalue weighted by molar-refractivity contribution is 0.372. The number of phenolic OH excluding ortho intramolecular Hbond substituents is 1. The van der Waals surface area contributed by atoms with Gasteiger partial charge in [-0.05, 0) is 39.7 Å². The normalized spacial score (nSPS) is 11.5. The summed E-state index contributed by atoms with van der Waals surface area (Å²) < 4.78 is 11.3. The second-order valence-corrected chi connectivity index (χ2v) is 6.20. The molecule has 3 rings (SSSR count). The van der Waals surface area contributed by atoms with Gasteiger partial charge in [0.2, 0.25) is 5.89 Å². The van der Waals surface area contributed by atoms with Gasteiger partial charge >= 0.3 is 0 Å². The molecule has 4 nitrogen and oxygen atoms in total. The van der Waals surface area contributed by atoms with Crippen LogP contribution in [0.3, 0.4) is 0 Å². The summed E-state index contributed by atoms with van der Waals surface area (Å²) in [5, 5.41) is 10.2. The van der Waals surface area contributed by atoms with E-state index in [-0.39, 0.29) is 5.75 Å². The molecule has 0 saturated carbocycles. The van der Waals surface area contributed by atoms with Gasteiger partial charge in [0, 0.05) is 5.56 Å². The van der Waals surface area contributed by atoms with Crippen molar-refractivity contribution >= 4 is 38.6 Å². The van der Waals surface area contributed by atoms with Gasteiger partial charge in [-0.25, -0.2) is 4.98 Å². The van der Waals surface area contributed by atoms with E-state index < -0.39 is 0 Å². The van der Waals surface area contributed by atoms with Crippen molar-refractivity contribution in [3.63, 3.8) is 0 Å². The maximum atomic E-state index is 9.85. The zero-order valence-electron chi connectivity index (χ0n) is 12.7. The van der Waals surface area contributed by atoms with Gasteiger partial charge < -0.3 is 14.3 Å². The molecule has 0 aliphatic rings. The van der Waals surface area contributed by atoms with Gasteiger partial charge in [-0.2, -0.15) is 0 Å². The van der Waals surface area contributed by atoms with Crippen LogP contribution >= 0.6 is 27.5 Å². The Bertz CT molecular complexity index is 891. The molecule has 1 N–H and O–H groups in total. The van der Waals surface area contributed by atoms with Gasteiger partial charge in [0.1, 0.15) is 5.03 Å². The Morgan fingerprint density at radius 2 is 2.04 bits per heavy atom. The van der Waals surface area contributed by atoms with E-state index in [4.69, 9.17) is 20.8 Å². The number of benzene rings is 2. The van der Waals surface area contributed by atoms with E-state index in [9.17, 15) is 5.11 Å². The van der Waals surface area contributed by atoms with Gasteiger partial charge in [-0.1, -0.05) is 41.9 Å². The van der Waals surface area contributed by atoms with E-state index in [0.29, 0.717) is 26.9 Å². The number of hydrogen-bond donors (Lipinski definition) is 1. The molecule has 122 valence electrons. The first kappa shape index (κ1) is 16.6. The number of halogens is 2. The number of nitrogens with zero attached hydrogens (tertiary/aromatic N) is 1. The van der Waals surface area contributed by atoms with Crippen LogP contribution in [-0.2, 0) is 0 Å². The predicted octanol–water partition coefficient (Wildman–Crippen LogP) is 5.56. The molecule has 3 aromatic rings. The molecule has 0 aliphatic heterocycles. The summed E-state index contributed by atoms with van der Waals surface area (Å²) in [5.74, 6) is 1.34. The topological polar surface area (TPSA) is 55.5 Å². The number of hydrogen-bond acceptors (Lipinski definition) is 4. The van der Waals surface area contributed by atoms with Crippen LogP contribution in [-0.4, -0.2) is 17.2 Å². The van der Waals surface area contributed by atoms with Crippen LogP contribution in [0.15, 0.2) is 57.6 Å². The third-order valence-electron chi connectivity index (χ3n) is 3.33. The van der Waals surface area contributed by atoms with Crippen molar-refractivity contribution in [1.82, 2.24) is 4.98 Å². The molecule has 0 atom stereocenters. The molecule has 0 saturated heterocycles. The van der Waals surface area contributed by atoms with E-state index in [0.717, 1.165) is 11.1 Å². The molecule has 0 bridgehead atoms. The minimum absolute atomic E-state index is 0.0354. The highest BCUT2D eigenvalue weighted by Crippen LogP contribution is 2.36. The monoisotopic (exact) mass is 405 g/mol. The van der Waals surface area contributed by atoms with Crippen molar-refractivity contribution in [3.8, 4) is 22.8 Å². The molecule has 0 unspecified atom stereocenters. The molecule has 2 aromatic carbocycles. The molecular formula is C18H13BrClNO3. The third-order valence-corrected chi connectivity index (χ3v) is 4.21. The number of rotatable bonds is 4. The largest absolute Gasteiger partial charge is 0.503 e. The number of phenols is 1. The Balaban J connectivity index is 1.92. The summed E-state index contributed by atoms with van der Waals surface area (Å²) >= 11 is 9.59. The minimum atomic E-state index is 0.0354. The maximum Gasteiger partial charge on any atom is 0.238 e. The van der Waals surface area contributed by atoms with Crippen LogP contribution in [0.4, 0.5) is 0 Å². The quantitative estimate of drug-likeness (QED) is 0.617. The van der Waals surface area contributed by atoms with Crippen molar-refractivity contribution in [1.29, 1.82) is 0 Å². The Hall–Kier alpha value is -2.24. The Labute approximate surface area is 152 Å². The molecule has 1 aromatic heterocycles. The fraction of sp³-hybridized carbons (Fsp3) is 0.0556. The van der Waals surface area contributed by atoms with Crippen LogP contribution < -0.4 is 4.74 Å². The molecule has 0 radical (unpaired) electrons. The average molecular weight is 407 g/mol. The standard InChI is InChI=1S/C18H13BrClNO3/c1-23-15-9-11(7-13(19)17(15)22)8-14(20)18-21-10-16(24-18)12-5-3-2-4-6-12/h2-10,22H,1H3. The summed E-state index contributed by atoms with van der Waals surface area (Å²) in [6.07, 6.45) is 3.32. The van der Waals surface area contributed by atoms with Gasteiger partial charge in [0.05, 0.1) is 17.8 Å². The van der Waals surface area contributed by atoms with Crippen molar-refractivity contribution in [2.24, 2.45) is 0 Å². The zero-order valence-corrected chi connectivity index (χ0v) is 15.0. The lowest BCUT2D eigenvalue weighted by Gasteiger charge is -2.06. The molecule has 0 aliphatic carbocycles. The molecule has 0 amide bonds. The predicted molar refractivity (Wildman–Crippen MR) is 98.0 cm³/mol. The average Bonchev–Trinajstić information content (AvgIpc) is 3.09. The number of aromatic hydroxyl groups is 1. The molecule has 6 heteroatoms. The summed E-state index contributed by atoms with van der Waals surface area (Å²) in [6, 6.07) is 13.0. The number of ether oxygens (including phenoxy) is 1. The van der Waals surface area contributed by atoms with E-state index >= 15 is 0 Å². The smallest absolute Gasteiger partial charge is 0.238 e. The summed E-state index contributed by atoms with van der Waals surface area (Å²) in [6.45, 7) is 0. The Morgan fingerprint density at radius 3 is 2.75 bits per heavy atom. The van der Waals surface area contributed by atoms with E-state index in [1.807, 2.05) is 30.3 Å². The highest BCUT2D eigenvalue weighted by molar-refractivity contribution is 9.10. The van der Waals surface area contributed by atoms with Gasteiger partial charge in [-0.15, -0.1) is 0 Å². The van der Waals surface area contributed by atoms with Crippen molar-refractivity contribution < 1.29 is 14.3 Å². The molecule has 1 heterocycles. The minimum Gasteiger partial charge on any atom is -0.503 e. The third kappa shape index (κ3) is 3.47. The Morgan fingerprint density at radius 1 is 1.29 bits per heavy atom.